The van der Waals surface area contributed by atoms with Crippen LogP contribution >= 0.6 is 11.3 Å². The number of carbonyl (C=O) groups excluding carboxylic acids is 1. The summed E-state index contributed by atoms with van der Waals surface area (Å²) in [6.45, 7) is 3.46. The first-order valence-corrected chi connectivity index (χ1v) is 10.3. The molecule has 1 saturated carbocycles. The van der Waals surface area contributed by atoms with E-state index < -0.39 is 0 Å². The Morgan fingerprint density at radius 3 is 2.75 bits per heavy atom. The Bertz CT molecular complexity index is 564. The van der Waals surface area contributed by atoms with Crippen LogP contribution in [0.5, 0.6) is 0 Å². The molecule has 1 aromatic heterocycles. The zero-order chi connectivity index (χ0) is 16.4. The van der Waals surface area contributed by atoms with E-state index in [-0.39, 0.29) is 6.03 Å². The molecule has 3 aliphatic rings. The molecule has 0 bridgehead atoms. The molecule has 132 valence electrons. The molecule has 2 amide bonds. The second kappa shape index (κ2) is 7.40. The molecule has 24 heavy (non-hydrogen) atoms. The molecule has 2 saturated heterocycles. The van der Waals surface area contributed by atoms with Crippen LogP contribution in [-0.2, 0) is 4.74 Å². The van der Waals surface area contributed by atoms with Gasteiger partial charge in [0.2, 0.25) is 0 Å². The zero-order valence-corrected chi connectivity index (χ0v) is 15.0. The average molecular weight is 350 g/mol. The van der Waals surface area contributed by atoms with Crippen LogP contribution in [0.3, 0.4) is 0 Å². The molecule has 6 heteroatoms. The molecule has 0 aromatic carbocycles. The Hall–Kier alpha value is -1.14. The second-order valence-electron chi connectivity index (χ2n) is 7.43. The molecule has 3 heterocycles. The number of anilines is 1. The third-order valence-electron chi connectivity index (χ3n) is 5.95. The van der Waals surface area contributed by atoms with Gasteiger partial charge in [-0.1, -0.05) is 25.7 Å². The van der Waals surface area contributed by atoms with Gasteiger partial charge in [-0.25, -0.2) is 9.78 Å². The van der Waals surface area contributed by atoms with E-state index in [1.165, 1.54) is 32.1 Å². The number of urea groups is 1. The summed E-state index contributed by atoms with van der Waals surface area (Å²) in [5.41, 5.74) is 1.11. The predicted molar refractivity (Wildman–Crippen MR) is 95.6 cm³/mol. The van der Waals surface area contributed by atoms with Gasteiger partial charge in [0.05, 0.1) is 5.69 Å². The van der Waals surface area contributed by atoms with Crippen molar-refractivity contribution in [2.45, 2.75) is 50.9 Å². The summed E-state index contributed by atoms with van der Waals surface area (Å²) < 4.78 is 5.41. The van der Waals surface area contributed by atoms with Gasteiger partial charge >= 0.3 is 6.03 Å². The van der Waals surface area contributed by atoms with Gasteiger partial charge in [0, 0.05) is 37.6 Å². The maximum Gasteiger partial charge on any atom is 0.323 e. The summed E-state index contributed by atoms with van der Waals surface area (Å²) >= 11 is 1.55. The zero-order valence-electron chi connectivity index (χ0n) is 14.2. The molecule has 3 fully saturated rings. The van der Waals surface area contributed by atoms with Crippen LogP contribution in [0.1, 0.15) is 56.6 Å². The molecule has 1 N–H and O–H groups in total. The van der Waals surface area contributed by atoms with Crippen LogP contribution in [0, 0.1) is 11.8 Å². The van der Waals surface area contributed by atoms with Gasteiger partial charge in [0.1, 0.15) is 0 Å². The molecule has 0 spiro atoms. The number of rotatable bonds is 3. The van der Waals surface area contributed by atoms with E-state index in [1.807, 2.05) is 4.90 Å². The highest BCUT2D eigenvalue weighted by atomic mass is 32.1. The fourth-order valence-corrected chi connectivity index (χ4v) is 5.26. The summed E-state index contributed by atoms with van der Waals surface area (Å²) in [4.78, 5) is 19.2. The minimum absolute atomic E-state index is 0.0309. The molecule has 5 nitrogen and oxygen atoms in total. The van der Waals surface area contributed by atoms with Crippen molar-refractivity contribution in [3.63, 3.8) is 0 Å². The number of carbonyl (C=O) groups is 1. The minimum Gasteiger partial charge on any atom is -0.381 e. The van der Waals surface area contributed by atoms with Gasteiger partial charge in [-0.05, 0) is 31.1 Å². The largest absolute Gasteiger partial charge is 0.381 e. The average Bonchev–Trinajstić information content (AvgIpc) is 3.36. The Kier molecular flexibility index (Phi) is 5.03. The first kappa shape index (κ1) is 16.3. The molecule has 2 aliphatic heterocycles. The lowest BCUT2D eigenvalue weighted by Gasteiger charge is -2.20. The SMILES string of the molecule is O=C(Nc1nc(C2CCOCC2)cs1)N1CCC(C2CCCC2)C1. The number of likely N-dealkylation sites (tertiary alicyclic amines) is 1. The summed E-state index contributed by atoms with van der Waals surface area (Å²) in [6, 6.07) is 0.0309. The number of thiazole rings is 1. The maximum absolute atomic E-state index is 12.5. The topological polar surface area (TPSA) is 54.5 Å². The number of nitrogens with one attached hydrogen (secondary N) is 1. The van der Waals surface area contributed by atoms with Gasteiger partial charge in [-0.3, -0.25) is 5.32 Å². The van der Waals surface area contributed by atoms with Crippen molar-refractivity contribution < 1.29 is 9.53 Å². The second-order valence-corrected chi connectivity index (χ2v) is 8.29. The third-order valence-corrected chi connectivity index (χ3v) is 6.73. The molecule has 0 radical (unpaired) electrons. The summed E-state index contributed by atoms with van der Waals surface area (Å²) in [5, 5.41) is 5.85. The number of hydrogen-bond acceptors (Lipinski definition) is 4. The van der Waals surface area contributed by atoms with Gasteiger partial charge < -0.3 is 9.64 Å². The highest BCUT2D eigenvalue weighted by Gasteiger charge is 2.33. The standard InChI is InChI=1S/C18H27N3O2S/c22-18(21-8-5-15(11-21)13-3-1-2-4-13)20-17-19-16(12-24-17)14-6-9-23-10-7-14/h12-15H,1-11H2,(H,19,20,22). The number of aromatic nitrogens is 1. The van der Waals surface area contributed by atoms with Crippen molar-refractivity contribution in [3.05, 3.63) is 11.1 Å². The molecule has 1 unspecified atom stereocenters. The van der Waals surface area contributed by atoms with Crippen LogP contribution in [0.15, 0.2) is 5.38 Å². The van der Waals surface area contributed by atoms with Gasteiger partial charge in [0.15, 0.2) is 5.13 Å². The first-order chi connectivity index (χ1) is 11.8. The molecular formula is C18H27N3O2S. The number of hydrogen-bond donors (Lipinski definition) is 1. The van der Waals surface area contributed by atoms with Crippen molar-refractivity contribution in [1.29, 1.82) is 0 Å². The predicted octanol–water partition coefficient (Wildman–Crippen LogP) is 4.08. The van der Waals surface area contributed by atoms with Crippen molar-refractivity contribution >= 4 is 22.5 Å². The molecule has 1 atom stereocenters. The minimum atomic E-state index is 0.0309. The fraction of sp³-hybridized carbons (Fsp3) is 0.778. The Balaban J connectivity index is 1.30. The monoisotopic (exact) mass is 349 g/mol. The Morgan fingerprint density at radius 2 is 1.96 bits per heavy atom. The van der Waals surface area contributed by atoms with Gasteiger partial charge in [-0.2, -0.15) is 0 Å². The lowest BCUT2D eigenvalue weighted by atomic mass is 9.90. The van der Waals surface area contributed by atoms with Crippen LogP contribution < -0.4 is 5.32 Å². The smallest absolute Gasteiger partial charge is 0.323 e. The van der Waals surface area contributed by atoms with Crippen molar-refractivity contribution in [3.8, 4) is 0 Å². The number of ether oxygens (including phenoxy) is 1. The molecule has 1 aliphatic carbocycles. The van der Waals surface area contributed by atoms with Crippen molar-refractivity contribution in [2.24, 2.45) is 11.8 Å². The van der Waals surface area contributed by atoms with E-state index in [2.05, 4.69) is 15.7 Å². The number of amides is 2. The lowest BCUT2D eigenvalue weighted by Crippen LogP contribution is -2.33. The van der Waals surface area contributed by atoms with Crippen molar-refractivity contribution in [1.82, 2.24) is 9.88 Å². The fourth-order valence-electron chi connectivity index (χ4n) is 4.48. The normalized spacial score (nSPS) is 26.2. The summed E-state index contributed by atoms with van der Waals surface area (Å²) in [6.07, 6.45) is 8.72. The molecular weight excluding hydrogens is 322 g/mol. The summed E-state index contributed by atoms with van der Waals surface area (Å²) in [7, 11) is 0. The van der Waals surface area contributed by atoms with E-state index in [9.17, 15) is 4.79 Å². The van der Waals surface area contributed by atoms with Gasteiger partial charge in [-0.15, -0.1) is 11.3 Å². The van der Waals surface area contributed by atoms with Crippen molar-refractivity contribution in [2.75, 3.05) is 31.6 Å². The third kappa shape index (κ3) is 3.59. The van der Waals surface area contributed by atoms with E-state index >= 15 is 0 Å². The first-order valence-electron chi connectivity index (χ1n) is 9.38. The highest BCUT2D eigenvalue weighted by Crippen LogP contribution is 2.36. The Morgan fingerprint density at radius 1 is 1.17 bits per heavy atom. The van der Waals surface area contributed by atoms with Crippen LogP contribution in [0.2, 0.25) is 0 Å². The molecule has 1 aromatic rings. The maximum atomic E-state index is 12.5. The van der Waals surface area contributed by atoms with Gasteiger partial charge in [0.25, 0.3) is 0 Å². The quantitative estimate of drug-likeness (QED) is 0.894. The molecule has 4 rings (SSSR count). The van der Waals surface area contributed by atoms with E-state index in [0.29, 0.717) is 11.8 Å². The van der Waals surface area contributed by atoms with E-state index in [0.717, 1.165) is 55.9 Å². The van der Waals surface area contributed by atoms with E-state index in [4.69, 9.17) is 4.74 Å². The number of nitrogens with zero attached hydrogens (tertiary/aromatic N) is 2. The van der Waals surface area contributed by atoms with E-state index in [1.54, 1.807) is 11.3 Å². The van der Waals surface area contributed by atoms with Crippen LogP contribution in [0.4, 0.5) is 9.93 Å². The highest BCUT2D eigenvalue weighted by molar-refractivity contribution is 7.13. The lowest BCUT2D eigenvalue weighted by molar-refractivity contribution is 0.0846. The van der Waals surface area contributed by atoms with Crippen LogP contribution in [0.25, 0.3) is 0 Å². The Labute approximate surface area is 147 Å². The van der Waals surface area contributed by atoms with Crippen LogP contribution in [-0.4, -0.2) is 42.2 Å². The summed E-state index contributed by atoms with van der Waals surface area (Å²) in [5.74, 6) is 2.05.